The van der Waals surface area contributed by atoms with Gasteiger partial charge in [-0.15, -0.1) is 0 Å². The summed E-state index contributed by atoms with van der Waals surface area (Å²) in [5, 5.41) is 57.8. The molecule has 0 saturated carbocycles. The van der Waals surface area contributed by atoms with Gasteiger partial charge in [0.25, 0.3) is 0 Å². The van der Waals surface area contributed by atoms with E-state index in [-0.39, 0.29) is 19.8 Å². The Bertz CT molecular complexity index is 4350. The summed E-state index contributed by atoms with van der Waals surface area (Å²) >= 11 is 19.5. The Morgan fingerprint density at radius 1 is 0.407 bits per heavy atom. The van der Waals surface area contributed by atoms with Gasteiger partial charge in [0.05, 0.1) is 26.4 Å². The predicted molar refractivity (Wildman–Crippen MR) is 424 cm³/mol. The lowest BCUT2D eigenvalue weighted by molar-refractivity contribution is -0.367. The fourth-order valence-corrected chi connectivity index (χ4v) is 13.6. The van der Waals surface area contributed by atoms with Gasteiger partial charge in [0.15, 0.2) is 30.5 Å². The van der Waals surface area contributed by atoms with E-state index in [1.807, 2.05) is 93.6 Å². The van der Waals surface area contributed by atoms with Gasteiger partial charge in [0, 0.05) is 95.8 Å². The summed E-state index contributed by atoms with van der Waals surface area (Å²) in [4.78, 5) is 96.2. The summed E-state index contributed by atoms with van der Waals surface area (Å²) in [6.07, 6.45) is -15.4. The van der Waals surface area contributed by atoms with E-state index in [1.165, 1.54) is 48.8 Å². The first-order valence-electron chi connectivity index (χ1n) is 37.4. The minimum Gasteiger partial charge on any atom is -0.494 e. The molecule has 6 aromatic carbocycles. The van der Waals surface area contributed by atoms with E-state index in [9.17, 15) is 58.8 Å². The van der Waals surface area contributed by atoms with Crippen molar-refractivity contribution in [2.75, 3.05) is 67.1 Å². The van der Waals surface area contributed by atoms with Crippen LogP contribution in [0.5, 0.6) is 17.2 Å². The topological polar surface area (TPSA) is 406 Å². The summed E-state index contributed by atoms with van der Waals surface area (Å²) in [6, 6.07) is 37.9. The number of ether oxygens (including phenoxy) is 16. The second kappa shape index (κ2) is 47.3. The van der Waals surface area contributed by atoms with Crippen molar-refractivity contribution in [2.24, 2.45) is 0 Å². The molecule has 33 heteroatoms. The fraction of sp³-hybridized carbons (Fsp3) is 0.459. The largest absolute Gasteiger partial charge is 0.494 e. The zero-order valence-corrected chi connectivity index (χ0v) is 69.8. The van der Waals surface area contributed by atoms with E-state index in [4.69, 9.17) is 121 Å². The summed E-state index contributed by atoms with van der Waals surface area (Å²) < 4.78 is 90.0. The number of carbonyl (C=O) groups excluding carboxylic acids is 8. The van der Waals surface area contributed by atoms with E-state index in [0.29, 0.717) is 76.4 Å². The van der Waals surface area contributed by atoms with Crippen LogP contribution >= 0.6 is 34.8 Å². The Balaban J connectivity index is 0.000000268. The third-order valence-electron chi connectivity index (χ3n) is 18.0. The highest BCUT2D eigenvalue weighted by atomic mass is 35.5. The Morgan fingerprint density at radius 3 is 1.14 bits per heavy atom. The number of hydrogen-bond acceptors (Lipinski definition) is 30. The predicted octanol–water partition coefficient (Wildman–Crippen LogP) is 8.59. The molecule has 0 aliphatic carbocycles. The molecule has 6 N–H and O–H groups in total. The second-order valence-corrected chi connectivity index (χ2v) is 27.9. The van der Waals surface area contributed by atoms with Gasteiger partial charge in [0.1, 0.15) is 86.4 Å². The van der Waals surface area contributed by atoms with Crippen molar-refractivity contribution in [1.29, 1.82) is 0 Å². The highest BCUT2D eigenvalue weighted by molar-refractivity contribution is 6.32. The zero-order valence-electron chi connectivity index (χ0n) is 67.5. The number of aliphatic hydroxyl groups is 6. The van der Waals surface area contributed by atoms with Gasteiger partial charge in [0.2, 0.25) is 17.7 Å². The van der Waals surface area contributed by atoms with Crippen LogP contribution in [0.4, 0.5) is 0 Å². The highest BCUT2D eigenvalue weighted by Gasteiger charge is 2.62. The Labute approximate surface area is 698 Å². The lowest BCUT2D eigenvalue weighted by atomic mass is 9.86. The van der Waals surface area contributed by atoms with Gasteiger partial charge >= 0.3 is 47.8 Å². The molecule has 15 atom stereocenters. The molecule has 642 valence electrons. The molecule has 0 unspecified atom stereocenters. The maximum absolute atomic E-state index is 12.4. The van der Waals surface area contributed by atoms with Crippen LogP contribution in [0.2, 0.25) is 15.1 Å². The lowest BCUT2D eigenvalue weighted by Crippen LogP contribution is -2.67. The third-order valence-corrected chi connectivity index (χ3v) is 19.2. The van der Waals surface area contributed by atoms with E-state index < -0.39 is 152 Å². The van der Waals surface area contributed by atoms with Gasteiger partial charge in [-0.05, 0) is 146 Å². The molecule has 30 nitrogen and oxygen atoms in total. The van der Waals surface area contributed by atoms with Crippen molar-refractivity contribution in [2.45, 2.75) is 186 Å². The summed E-state index contributed by atoms with van der Waals surface area (Å²) in [5.41, 5.74) is 6.43. The molecule has 3 heterocycles. The first kappa shape index (κ1) is 97.3. The SMILES string of the molecule is CCOc1ccc(Cc2cc([C@@H]3O[C@H](COC(C)=O)[C@@H](OC(C)=O)[C@H](OC(C)=O)[C@H]3OC(C)=O)ccc2Cl)cc1.CCOc1ccc(Cc2cc([C@]3(OC)O[C@H](CO)[C@@H](O)[C@H](O)[C@H]3O)ccc2Cl)cc1.CCOc1ccc(Cc2cc([C@]3(OC)O[C@H](COC(C)=O)[C@@H](OC(C)=O)[C@H](OC(C)=O)[C@H]3OC(C)=O)ccc2Cl)cc1.OCC#CCO. The molecular weight excluding hydrogens is 1610 g/mol. The van der Waals surface area contributed by atoms with E-state index in [1.54, 1.807) is 54.6 Å². The van der Waals surface area contributed by atoms with Crippen molar-refractivity contribution in [3.8, 4) is 29.1 Å². The maximum Gasteiger partial charge on any atom is 0.303 e. The Hall–Kier alpha value is -9.53. The fourth-order valence-electron chi connectivity index (χ4n) is 13.1. The molecular formula is C85H101Cl3O30. The standard InChI is InChI=1S/C30H35ClO11.C29H33ClO10.C22H27ClO7.C4H6O2/c1-7-37-24-11-8-21(9-12-24)14-22-15-23(10-13-25(22)31)30(36-6)29(41-20(5)35)28(40-19(4)34)27(39-18(3)33)26(42-30)16-38-17(2)32;1-6-35-23-10-7-20(8-11-23)13-22-14-21(9-12-24(22)30)26-28(38-18(4)33)29(39-19(5)34)27(37-17(3)32)25(40-26)15-36-16(2)31;1-3-29-16-7-4-13(5-8-16)10-14-11-15(6-9-17(14)23)22(28-2)21(27)20(26)19(25)18(12-24)30-22;5-3-1-2-4-6/h8-13,15,26-29H,7,14,16H2,1-6H3;7-12,14,25-29H,6,13,15H2,1-5H3;4-9,11,18-21,24-27H,3,10,12H2,1-2H3;5-6H,3-4H2/t26-,27-,28+,29-,30+;25-,26+,27-,28+,29+;18-,19-,20+,21-,22+;/m111./s1. The third kappa shape index (κ3) is 27.5. The molecule has 118 heavy (non-hydrogen) atoms. The average Bonchev–Trinajstić information content (AvgIpc) is 0.733. The lowest BCUT2D eigenvalue weighted by Gasteiger charge is -2.50. The molecule has 0 bridgehead atoms. The molecule has 6 aromatic rings. The van der Waals surface area contributed by atoms with Gasteiger partial charge in [-0.2, -0.15) is 0 Å². The van der Waals surface area contributed by atoms with Crippen LogP contribution in [0.15, 0.2) is 127 Å². The first-order chi connectivity index (χ1) is 56.1. The minimum atomic E-state index is -1.91. The van der Waals surface area contributed by atoms with E-state index in [2.05, 4.69) is 11.8 Å². The number of carbonyl (C=O) groups is 8. The van der Waals surface area contributed by atoms with Gasteiger partial charge in [-0.3, -0.25) is 38.4 Å². The van der Waals surface area contributed by atoms with Crippen LogP contribution in [-0.2, 0) is 131 Å². The zero-order chi connectivity index (χ0) is 87.1. The van der Waals surface area contributed by atoms with Crippen molar-refractivity contribution in [1.82, 2.24) is 0 Å². The van der Waals surface area contributed by atoms with Crippen LogP contribution in [0.1, 0.15) is 132 Å². The number of hydrogen-bond donors (Lipinski definition) is 6. The summed E-state index contributed by atoms with van der Waals surface area (Å²) in [7, 11) is 2.64. The minimum absolute atomic E-state index is 0.166. The summed E-state index contributed by atoms with van der Waals surface area (Å²) in [6.45, 7) is 15.3. The number of methoxy groups -OCH3 is 2. The normalized spacial score (nSPS) is 23.5. The molecule has 0 aromatic heterocycles. The maximum atomic E-state index is 12.4. The smallest absolute Gasteiger partial charge is 0.303 e. The van der Waals surface area contributed by atoms with Crippen LogP contribution in [0.25, 0.3) is 0 Å². The van der Waals surface area contributed by atoms with Crippen molar-refractivity contribution in [3.05, 3.63) is 193 Å². The average molecular weight is 1710 g/mol. The molecule has 3 aliphatic heterocycles. The molecule has 3 fully saturated rings. The van der Waals surface area contributed by atoms with Crippen molar-refractivity contribution >= 4 is 82.6 Å². The van der Waals surface area contributed by atoms with Crippen LogP contribution in [-0.4, -0.2) is 219 Å². The van der Waals surface area contributed by atoms with E-state index >= 15 is 0 Å². The van der Waals surface area contributed by atoms with Crippen LogP contribution < -0.4 is 14.2 Å². The Kier molecular flexibility index (Phi) is 39.0. The Morgan fingerprint density at radius 2 is 0.763 bits per heavy atom. The first-order valence-corrected chi connectivity index (χ1v) is 38.5. The monoisotopic (exact) mass is 1710 g/mol. The molecule has 0 spiro atoms. The number of rotatable bonds is 28. The quantitative estimate of drug-likeness (QED) is 0.0152. The molecule has 0 radical (unpaired) electrons. The van der Waals surface area contributed by atoms with Crippen molar-refractivity contribution in [3.63, 3.8) is 0 Å². The van der Waals surface area contributed by atoms with Gasteiger partial charge < -0.3 is 106 Å². The number of aliphatic hydroxyl groups excluding tert-OH is 6. The van der Waals surface area contributed by atoms with Gasteiger partial charge in [-0.25, -0.2) is 0 Å². The van der Waals surface area contributed by atoms with Crippen molar-refractivity contribution < 1.29 is 145 Å². The number of esters is 8. The molecule has 0 amide bonds. The molecule has 3 aliphatic rings. The molecule has 3 saturated heterocycles. The number of benzene rings is 6. The summed E-state index contributed by atoms with van der Waals surface area (Å²) in [5.74, 6) is -2.41. The highest BCUT2D eigenvalue weighted by Crippen LogP contribution is 2.46. The van der Waals surface area contributed by atoms with Gasteiger partial charge in [-0.1, -0.05) is 107 Å². The number of halogens is 3. The molecule has 9 rings (SSSR count). The van der Waals surface area contributed by atoms with Crippen LogP contribution in [0.3, 0.4) is 0 Å². The second-order valence-electron chi connectivity index (χ2n) is 26.7. The van der Waals surface area contributed by atoms with E-state index in [0.717, 1.165) is 65.8 Å². The van der Waals surface area contributed by atoms with Crippen LogP contribution in [0, 0.1) is 11.8 Å².